The number of aryl methyl sites for hydroxylation is 1. The van der Waals surface area contributed by atoms with Crippen molar-refractivity contribution in [2.75, 3.05) is 18.0 Å². The van der Waals surface area contributed by atoms with Gasteiger partial charge in [-0.15, -0.1) is 0 Å². The summed E-state index contributed by atoms with van der Waals surface area (Å²) in [6.45, 7) is 5.04. The van der Waals surface area contributed by atoms with Crippen LogP contribution >= 0.6 is 11.3 Å². The molecule has 3 aromatic rings. The zero-order valence-corrected chi connectivity index (χ0v) is 18.8. The van der Waals surface area contributed by atoms with Gasteiger partial charge in [-0.2, -0.15) is 0 Å². The van der Waals surface area contributed by atoms with Gasteiger partial charge in [0.1, 0.15) is 0 Å². The molecule has 1 fully saturated rings. The van der Waals surface area contributed by atoms with Crippen LogP contribution in [0.3, 0.4) is 0 Å². The lowest BCUT2D eigenvalue weighted by Crippen LogP contribution is -2.29. The molecule has 0 spiro atoms. The molecule has 2 aromatic carbocycles. The zero-order chi connectivity index (χ0) is 21.1. The average molecular weight is 446 g/mol. The smallest absolute Gasteiger partial charge is 0.308 e. The van der Waals surface area contributed by atoms with E-state index in [4.69, 9.17) is 0 Å². The molecule has 4 rings (SSSR count). The molecule has 2 heterocycles. The van der Waals surface area contributed by atoms with E-state index in [1.54, 1.807) is 22.8 Å². The summed E-state index contributed by atoms with van der Waals surface area (Å²) in [5.74, 6) is 0. The Kier molecular flexibility index (Phi) is 6.26. The maximum atomic E-state index is 12.8. The number of piperidine rings is 1. The number of benzene rings is 2. The Balaban J connectivity index is 1.47. The monoisotopic (exact) mass is 445 g/mol. The Morgan fingerprint density at radius 3 is 2.47 bits per heavy atom. The number of nitrogens with one attached hydrogen (secondary N) is 1. The van der Waals surface area contributed by atoms with Crippen molar-refractivity contribution >= 4 is 37.3 Å². The van der Waals surface area contributed by atoms with Crippen LogP contribution < -0.4 is 14.5 Å². The fraction of sp³-hybridized carbons (Fsp3) is 0.409. The molecule has 6 nitrogen and oxygen atoms in total. The summed E-state index contributed by atoms with van der Waals surface area (Å²) in [5.41, 5.74) is 2.90. The van der Waals surface area contributed by atoms with Crippen LogP contribution in [-0.4, -0.2) is 26.1 Å². The Bertz CT molecular complexity index is 1170. The highest BCUT2D eigenvalue weighted by Gasteiger charge is 2.17. The fourth-order valence-corrected chi connectivity index (χ4v) is 5.96. The summed E-state index contributed by atoms with van der Waals surface area (Å²) in [4.78, 5) is 14.7. The minimum absolute atomic E-state index is 0.0526. The van der Waals surface area contributed by atoms with Crippen molar-refractivity contribution < 1.29 is 8.42 Å². The first-order valence-corrected chi connectivity index (χ1v) is 12.7. The lowest BCUT2D eigenvalue weighted by Gasteiger charge is -2.28. The van der Waals surface area contributed by atoms with E-state index in [2.05, 4.69) is 21.8 Å². The molecule has 160 valence electrons. The summed E-state index contributed by atoms with van der Waals surface area (Å²) in [5, 5.41) is 0. The van der Waals surface area contributed by atoms with Gasteiger partial charge in [0.05, 0.1) is 15.1 Å². The average Bonchev–Trinajstić information content (AvgIpc) is 3.08. The number of rotatable bonds is 7. The molecular weight excluding hydrogens is 418 g/mol. The van der Waals surface area contributed by atoms with Crippen molar-refractivity contribution in [2.45, 2.75) is 50.6 Å². The summed E-state index contributed by atoms with van der Waals surface area (Å²) in [6, 6.07) is 13.0. The number of sulfonamides is 1. The van der Waals surface area contributed by atoms with Crippen LogP contribution in [0.15, 0.2) is 52.2 Å². The molecule has 1 aliphatic heterocycles. The molecule has 1 aliphatic rings. The van der Waals surface area contributed by atoms with Gasteiger partial charge in [-0.05, 0) is 61.6 Å². The second-order valence-electron chi connectivity index (χ2n) is 7.69. The van der Waals surface area contributed by atoms with Crippen molar-refractivity contribution in [3.63, 3.8) is 0 Å². The predicted octanol–water partition coefficient (Wildman–Crippen LogP) is 3.94. The lowest BCUT2D eigenvalue weighted by molar-refractivity contribution is 0.577. The van der Waals surface area contributed by atoms with Crippen molar-refractivity contribution in [3.8, 4) is 0 Å². The molecule has 8 heteroatoms. The first-order chi connectivity index (χ1) is 14.5. The minimum atomic E-state index is -3.66. The number of nitrogens with zero attached hydrogens (tertiary/aromatic N) is 2. The third-order valence-corrected chi connectivity index (χ3v) is 7.86. The van der Waals surface area contributed by atoms with Crippen LogP contribution in [0, 0.1) is 0 Å². The van der Waals surface area contributed by atoms with E-state index in [9.17, 15) is 13.2 Å². The Labute approximate surface area is 181 Å². The summed E-state index contributed by atoms with van der Waals surface area (Å²) >= 11 is 1.09. The molecule has 0 aliphatic carbocycles. The van der Waals surface area contributed by atoms with Crippen molar-refractivity contribution in [2.24, 2.45) is 0 Å². The van der Waals surface area contributed by atoms with Gasteiger partial charge in [-0.25, -0.2) is 13.1 Å². The SMILES string of the molecule is CCCn1c(=O)sc2cc(S(=O)(=O)NCc3ccc(N4CCCCC4)cc3)ccc21. The van der Waals surface area contributed by atoms with Gasteiger partial charge in [0.25, 0.3) is 0 Å². The van der Waals surface area contributed by atoms with Crippen molar-refractivity contribution in [1.82, 2.24) is 9.29 Å². The van der Waals surface area contributed by atoms with Crippen LogP contribution in [0.1, 0.15) is 38.2 Å². The highest BCUT2D eigenvalue weighted by molar-refractivity contribution is 7.89. The second kappa shape index (κ2) is 8.91. The molecule has 1 N–H and O–H groups in total. The molecule has 0 saturated carbocycles. The molecule has 0 unspecified atom stereocenters. The minimum Gasteiger partial charge on any atom is -0.372 e. The Morgan fingerprint density at radius 2 is 1.77 bits per heavy atom. The van der Waals surface area contributed by atoms with Gasteiger partial charge in [0.2, 0.25) is 10.0 Å². The zero-order valence-electron chi connectivity index (χ0n) is 17.1. The van der Waals surface area contributed by atoms with E-state index >= 15 is 0 Å². The van der Waals surface area contributed by atoms with Gasteiger partial charge < -0.3 is 4.90 Å². The number of thiazole rings is 1. The standard InChI is InChI=1S/C22H27N3O3S2/c1-2-12-25-20-11-10-19(15-21(20)29-22(25)26)30(27,28)23-16-17-6-8-18(9-7-17)24-13-4-3-5-14-24/h6-11,15,23H,2-5,12-14,16H2,1H3. The van der Waals surface area contributed by atoms with Crippen LogP contribution in [0.25, 0.3) is 10.2 Å². The normalized spacial score (nSPS) is 15.0. The van der Waals surface area contributed by atoms with Crippen LogP contribution in [0.5, 0.6) is 0 Å². The van der Waals surface area contributed by atoms with E-state index in [1.807, 2.05) is 19.1 Å². The molecule has 0 amide bonds. The van der Waals surface area contributed by atoms with Crippen LogP contribution in [0.2, 0.25) is 0 Å². The van der Waals surface area contributed by atoms with Gasteiger partial charge in [0.15, 0.2) is 0 Å². The van der Waals surface area contributed by atoms with E-state index in [0.29, 0.717) is 11.2 Å². The number of aromatic nitrogens is 1. The highest BCUT2D eigenvalue weighted by atomic mass is 32.2. The first-order valence-electron chi connectivity index (χ1n) is 10.4. The van der Waals surface area contributed by atoms with E-state index in [0.717, 1.165) is 41.9 Å². The van der Waals surface area contributed by atoms with Crippen LogP contribution in [-0.2, 0) is 23.1 Å². The van der Waals surface area contributed by atoms with Gasteiger partial charge in [-0.1, -0.05) is 30.4 Å². The fourth-order valence-electron chi connectivity index (χ4n) is 3.89. The third-order valence-electron chi connectivity index (χ3n) is 5.52. The van der Waals surface area contributed by atoms with E-state index in [-0.39, 0.29) is 16.3 Å². The summed E-state index contributed by atoms with van der Waals surface area (Å²) in [7, 11) is -3.66. The topological polar surface area (TPSA) is 71.4 Å². The number of anilines is 1. The third kappa shape index (κ3) is 4.45. The summed E-state index contributed by atoms with van der Waals surface area (Å²) in [6.07, 6.45) is 4.59. The van der Waals surface area contributed by atoms with Gasteiger partial charge in [-0.3, -0.25) is 9.36 Å². The first kappa shape index (κ1) is 21.1. The maximum Gasteiger partial charge on any atom is 0.308 e. The molecule has 0 radical (unpaired) electrons. The molecule has 0 atom stereocenters. The van der Waals surface area contributed by atoms with Gasteiger partial charge >= 0.3 is 4.87 Å². The van der Waals surface area contributed by atoms with Crippen molar-refractivity contribution in [3.05, 3.63) is 57.7 Å². The largest absolute Gasteiger partial charge is 0.372 e. The van der Waals surface area contributed by atoms with Gasteiger partial charge in [0, 0.05) is 31.9 Å². The van der Waals surface area contributed by atoms with E-state index < -0.39 is 10.0 Å². The molecule has 0 bridgehead atoms. The quantitative estimate of drug-likeness (QED) is 0.598. The number of hydrogen-bond acceptors (Lipinski definition) is 5. The summed E-state index contributed by atoms with van der Waals surface area (Å²) < 4.78 is 30.6. The Hall–Kier alpha value is -2.16. The molecular formula is C22H27N3O3S2. The Morgan fingerprint density at radius 1 is 1.03 bits per heavy atom. The lowest BCUT2D eigenvalue weighted by atomic mass is 10.1. The predicted molar refractivity (Wildman–Crippen MR) is 123 cm³/mol. The number of fused-ring (bicyclic) bond motifs is 1. The molecule has 1 saturated heterocycles. The van der Waals surface area contributed by atoms with Crippen LogP contribution in [0.4, 0.5) is 5.69 Å². The number of hydrogen-bond donors (Lipinski definition) is 1. The maximum absolute atomic E-state index is 12.8. The van der Waals surface area contributed by atoms with Crippen molar-refractivity contribution in [1.29, 1.82) is 0 Å². The van der Waals surface area contributed by atoms with E-state index in [1.165, 1.54) is 24.9 Å². The highest BCUT2D eigenvalue weighted by Crippen LogP contribution is 2.23. The molecule has 1 aromatic heterocycles. The second-order valence-corrected chi connectivity index (χ2v) is 10.4. The molecule has 30 heavy (non-hydrogen) atoms.